The molecule has 4 heteroatoms. The maximum Gasteiger partial charge on any atom is 0.307 e. The van der Waals surface area contributed by atoms with Crippen molar-refractivity contribution in [2.45, 2.75) is 19.8 Å². The second-order valence-electron chi connectivity index (χ2n) is 4.49. The van der Waals surface area contributed by atoms with E-state index in [1.807, 2.05) is 12.2 Å². The Kier molecular flexibility index (Phi) is 2.99. The highest BCUT2D eigenvalue weighted by molar-refractivity contribution is 5.75. The summed E-state index contributed by atoms with van der Waals surface area (Å²) in [6.07, 6.45) is 5.14. The first-order chi connectivity index (χ1) is 7.63. The molecule has 0 saturated heterocycles. The first-order valence-electron chi connectivity index (χ1n) is 5.70. The van der Waals surface area contributed by atoms with Crippen molar-refractivity contribution in [1.82, 2.24) is 0 Å². The van der Waals surface area contributed by atoms with Crippen molar-refractivity contribution in [2.75, 3.05) is 6.61 Å². The van der Waals surface area contributed by atoms with Gasteiger partial charge in [0, 0.05) is 6.42 Å². The van der Waals surface area contributed by atoms with Crippen LogP contribution < -0.4 is 0 Å². The molecule has 1 saturated carbocycles. The Morgan fingerprint density at radius 1 is 1.38 bits per heavy atom. The molecule has 4 unspecified atom stereocenters. The minimum absolute atomic E-state index is 0.0773. The Morgan fingerprint density at radius 2 is 2.06 bits per heavy atom. The zero-order valence-electron chi connectivity index (χ0n) is 9.26. The van der Waals surface area contributed by atoms with Crippen LogP contribution >= 0.6 is 0 Å². The Bertz CT molecular complexity index is 334. The van der Waals surface area contributed by atoms with Crippen LogP contribution in [0.15, 0.2) is 12.2 Å². The molecule has 4 nitrogen and oxygen atoms in total. The number of hydrogen-bond donors (Lipinski definition) is 1. The molecule has 2 rings (SSSR count). The van der Waals surface area contributed by atoms with Crippen molar-refractivity contribution in [2.24, 2.45) is 23.7 Å². The SMILES string of the molecule is CCOC(=O)CC1C2C=CC(C2)C1C(=O)O. The highest BCUT2D eigenvalue weighted by Gasteiger charge is 2.48. The van der Waals surface area contributed by atoms with Crippen LogP contribution in [0.5, 0.6) is 0 Å². The van der Waals surface area contributed by atoms with Gasteiger partial charge in [-0.25, -0.2) is 0 Å². The number of fused-ring (bicyclic) bond motifs is 2. The quantitative estimate of drug-likeness (QED) is 0.580. The summed E-state index contributed by atoms with van der Waals surface area (Å²) < 4.78 is 4.88. The molecule has 0 aliphatic heterocycles. The molecule has 1 N–H and O–H groups in total. The summed E-state index contributed by atoms with van der Waals surface area (Å²) in [6, 6.07) is 0. The number of carboxylic acids is 1. The second-order valence-corrected chi connectivity index (χ2v) is 4.49. The minimum Gasteiger partial charge on any atom is -0.481 e. The molecule has 1 fully saturated rings. The normalized spacial score (nSPS) is 35.3. The zero-order chi connectivity index (χ0) is 11.7. The van der Waals surface area contributed by atoms with Crippen LogP contribution in [0, 0.1) is 23.7 Å². The number of aliphatic carboxylic acids is 1. The van der Waals surface area contributed by atoms with Gasteiger partial charge in [0.2, 0.25) is 0 Å². The van der Waals surface area contributed by atoms with Gasteiger partial charge in [-0.05, 0) is 31.1 Å². The van der Waals surface area contributed by atoms with E-state index >= 15 is 0 Å². The molecule has 0 heterocycles. The molecule has 0 amide bonds. The summed E-state index contributed by atoms with van der Waals surface area (Å²) in [6.45, 7) is 2.11. The van der Waals surface area contributed by atoms with Crippen LogP contribution in [-0.2, 0) is 14.3 Å². The number of carbonyl (C=O) groups excluding carboxylic acids is 1. The first kappa shape index (κ1) is 11.2. The van der Waals surface area contributed by atoms with Gasteiger partial charge in [-0.1, -0.05) is 12.2 Å². The summed E-state index contributed by atoms with van der Waals surface area (Å²) in [4.78, 5) is 22.6. The first-order valence-corrected chi connectivity index (χ1v) is 5.70. The Morgan fingerprint density at radius 3 is 2.69 bits per heavy atom. The van der Waals surface area contributed by atoms with Gasteiger partial charge in [-0.15, -0.1) is 0 Å². The molecule has 0 radical (unpaired) electrons. The molecule has 88 valence electrons. The van der Waals surface area contributed by atoms with Crippen LogP contribution in [0.2, 0.25) is 0 Å². The third-order valence-electron chi connectivity index (χ3n) is 3.62. The van der Waals surface area contributed by atoms with Gasteiger partial charge in [0.15, 0.2) is 0 Å². The third-order valence-corrected chi connectivity index (χ3v) is 3.62. The van der Waals surface area contributed by atoms with Crippen LogP contribution in [0.1, 0.15) is 19.8 Å². The van der Waals surface area contributed by atoms with E-state index in [0.29, 0.717) is 6.61 Å². The molecule has 0 aromatic heterocycles. The molecule has 4 atom stereocenters. The summed E-state index contributed by atoms with van der Waals surface area (Å²) >= 11 is 0. The smallest absolute Gasteiger partial charge is 0.307 e. The average molecular weight is 224 g/mol. The van der Waals surface area contributed by atoms with Crippen molar-refractivity contribution in [3.05, 3.63) is 12.2 Å². The predicted octanol–water partition coefficient (Wildman–Crippen LogP) is 1.46. The number of rotatable bonds is 4. The van der Waals surface area contributed by atoms with E-state index in [9.17, 15) is 9.59 Å². The lowest BCUT2D eigenvalue weighted by molar-refractivity contribution is -0.148. The standard InChI is InChI=1S/C12H16O4/c1-2-16-10(13)6-9-7-3-4-8(5-7)11(9)12(14)15/h3-4,7-9,11H,2,5-6H2,1H3,(H,14,15). The fraction of sp³-hybridized carbons (Fsp3) is 0.667. The second kappa shape index (κ2) is 4.28. The highest BCUT2D eigenvalue weighted by Crippen LogP contribution is 2.49. The van der Waals surface area contributed by atoms with Gasteiger partial charge in [-0.3, -0.25) is 9.59 Å². The molecule has 2 aliphatic carbocycles. The fourth-order valence-electron chi connectivity index (χ4n) is 2.98. The van der Waals surface area contributed by atoms with Crippen LogP contribution in [0.25, 0.3) is 0 Å². The monoisotopic (exact) mass is 224 g/mol. The van der Waals surface area contributed by atoms with Crippen LogP contribution in [0.4, 0.5) is 0 Å². The number of carboxylic acid groups (broad SMARTS) is 1. The summed E-state index contributed by atoms with van der Waals surface area (Å²) in [5.74, 6) is -1.19. The van der Waals surface area contributed by atoms with E-state index < -0.39 is 11.9 Å². The van der Waals surface area contributed by atoms with Crippen molar-refractivity contribution in [3.8, 4) is 0 Å². The van der Waals surface area contributed by atoms with E-state index in [1.54, 1.807) is 6.92 Å². The Balaban J connectivity index is 2.05. The van der Waals surface area contributed by atoms with Crippen LogP contribution in [0.3, 0.4) is 0 Å². The number of ether oxygens (including phenoxy) is 1. The lowest BCUT2D eigenvalue weighted by Gasteiger charge is -2.23. The number of hydrogen-bond acceptors (Lipinski definition) is 3. The molecule has 2 aliphatic rings. The van der Waals surface area contributed by atoms with Gasteiger partial charge in [0.25, 0.3) is 0 Å². The molecular formula is C12H16O4. The fourth-order valence-corrected chi connectivity index (χ4v) is 2.98. The van der Waals surface area contributed by atoms with Crippen molar-refractivity contribution < 1.29 is 19.4 Å². The van der Waals surface area contributed by atoms with Crippen molar-refractivity contribution in [3.63, 3.8) is 0 Å². The average Bonchev–Trinajstić information content (AvgIpc) is 2.77. The van der Waals surface area contributed by atoms with E-state index in [1.165, 1.54) is 0 Å². The maximum absolute atomic E-state index is 11.4. The number of esters is 1. The Labute approximate surface area is 94.3 Å². The molecule has 2 bridgehead atoms. The molecule has 0 aromatic rings. The van der Waals surface area contributed by atoms with Gasteiger partial charge in [0.1, 0.15) is 0 Å². The van der Waals surface area contributed by atoms with E-state index in [2.05, 4.69) is 0 Å². The topological polar surface area (TPSA) is 63.6 Å². The lowest BCUT2D eigenvalue weighted by atomic mass is 9.81. The zero-order valence-corrected chi connectivity index (χ0v) is 9.26. The van der Waals surface area contributed by atoms with Gasteiger partial charge in [0.05, 0.1) is 12.5 Å². The minimum atomic E-state index is -0.786. The summed E-state index contributed by atoms with van der Waals surface area (Å²) in [5.41, 5.74) is 0. The van der Waals surface area contributed by atoms with Gasteiger partial charge in [-0.2, -0.15) is 0 Å². The van der Waals surface area contributed by atoms with E-state index in [4.69, 9.17) is 9.84 Å². The van der Waals surface area contributed by atoms with E-state index in [-0.39, 0.29) is 30.1 Å². The summed E-state index contributed by atoms with van der Waals surface area (Å²) in [7, 11) is 0. The largest absolute Gasteiger partial charge is 0.481 e. The molecule has 0 aromatic carbocycles. The maximum atomic E-state index is 11.4. The summed E-state index contributed by atoms with van der Waals surface area (Å²) in [5, 5.41) is 9.16. The highest BCUT2D eigenvalue weighted by atomic mass is 16.5. The van der Waals surface area contributed by atoms with Crippen molar-refractivity contribution in [1.29, 1.82) is 0 Å². The van der Waals surface area contributed by atoms with Gasteiger partial charge >= 0.3 is 11.9 Å². The van der Waals surface area contributed by atoms with Crippen LogP contribution in [-0.4, -0.2) is 23.7 Å². The van der Waals surface area contributed by atoms with Crippen molar-refractivity contribution >= 4 is 11.9 Å². The molecular weight excluding hydrogens is 208 g/mol. The lowest BCUT2D eigenvalue weighted by Crippen LogP contribution is -2.29. The third kappa shape index (κ3) is 1.84. The molecule has 0 spiro atoms. The van der Waals surface area contributed by atoms with Gasteiger partial charge < -0.3 is 9.84 Å². The molecule has 16 heavy (non-hydrogen) atoms. The number of allylic oxidation sites excluding steroid dienone is 2. The Hall–Kier alpha value is -1.32. The number of carbonyl (C=O) groups is 2. The predicted molar refractivity (Wildman–Crippen MR) is 56.6 cm³/mol. The van der Waals surface area contributed by atoms with E-state index in [0.717, 1.165) is 6.42 Å².